The lowest BCUT2D eigenvalue weighted by atomic mass is 10.1. The summed E-state index contributed by atoms with van der Waals surface area (Å²) in [6.45, 7) is 3.19. The standard InChI is InChI=1S/C9H17BrO/c1-2-3-4-5-9-8(10)6-7-11-9/h8-9H,2-7H2,1H3/t8-,9-/m0/s1. The molecule has 1 aliphatic rings. The van der Waals surface area contributed by atoms with Gasteiger partial charge in [-0.3, -0.25) is 0 Å². The van der Waals surface area contributed by atoms with Crippen molar-refractivity contribution in [2.75, 3.05) is 6.61 Å². The highest BCUT2D eigenvalue weighted by Gasteiger charge is 2.24. The van der Waals surface area contributed by atoms with Crippen molar-refractivity contribution in [3.8, 4) is 0 Å². The zero-order valence-electron chi connectivity index (χ0n) is 7.18. The van der Waals surface area contributed by atoms with Gasteiger partial charge in [-0.2, -0.15) is 0 Å². The summed E-state index contributed by atoms with van der Waals surface area (Å²) in [4.78, 5) is 0.624. The van der Waals surface area contributed by atoms with Gasteiger partial charge in [0.15, 0.2) is 0 Å². The lowest BCUT2D eigenvalue weighted by molar-refractivity contribution is 0.104. The summed E-state index contributed by atoms with van der Waals surface area (Å²) in [5, 5.41) is 0. The van der Waals surface area contributed by atoms with Crippen molar-refractivity contribution in [1.82, 2.24) is 0 Å². The molecule has 0 amide bonds. The Morgan fingerprint density at radius 1 is 1.45 bits per heavy atom. The van der Waals surface area contributed by atoms with E-state index in [0.29, 0.717) is 10.9 Å². The van der Waals surface area contributed by atoms with E-state index >= 15 is 0 Å². The van der Waals surface area contributed by atoms with Gasteiger partial charge in [0.2, 0.25) is 0 Å². The topological polar surface area (TPSA) is 9.23 Å². The van der Waals surface area contributed by atoms with Gasteiger partial charge in [0.1, 0.15) is 0 Å². The highest BCUT2D eigenvalue weighted by molar-refractivity contribution is 9.09. The predicted octanol–water partition coefficient (Wildman–Crippen LogP) is 3.12. The smallest absolute Gasteiger partial charge is 0.0700 e. The first-order valence-corrected chi connectivity index (χ1v) is 5.52. The van der Waals surface area contributed by atoms with Crippen molar-refractivity contribution < 1.29 is 4.74 Å². The minimum absolute atomic E-state index is 0.501. The first-order chi connectivity index (χ1) is 5.34. The van der Waals surface area contributed by atoms with Crippen molar-refractivity contribution in [2.24, 2.45) is 0 Å². The molecule has 1 fully saturated rings. The molecular weight excluding hydrogens is 204 g/mol. The second-order valence-electron chi connectivity index (χ2n) is 3.21. The Labute approximate surface area is 77.6 Å². The number of ether oxygens (including phenoxy) is 1. The molecule has 2 heteroatoms. The molecule has 0 N–H and O–H groups in total. The number of hydrogen-bond acceptors (Lipinski definition) is 1. The van der Waals surface area contributed by atoms with E-state index in [-0.39, 0.29) is 0 Å². The molecule has 1 nitrogen and oxygen atoms in total. The van der Waals surface area contributed by atoms with Crippen LogP contribution in [0.3, 0.4) is 0 Å². The zero-order valence-corrected chi connectivity index (χ0v) is 8.77. The number of alkyl halides is 1. The predicted molar refractivity (Wildman–Crippen MR) is 51.2 cm³/mol. The molecule has 1 saturated heterocycles. The van der Waals surface area contributed by atoms with E-state index in [1.807, 2.05) is 0 Å². The van der Waals surface area contributed by atoms with Crippen LogP contribution in [-0.4, -0.2) is 17.5 Å². The van der Waals surface area contributed by atoms with E-state index in [2.05, 4.69) is 22.9 Å². The van der Waals surface area contributed by atoms with E-state index in [4.69, 9.17) is 4.74 Å². The SMILES string of the molecule is CCCCC[C@@H]1OCC[C@@H]1Br. The Kier molecular flexibility index (Phi) is 4.46. The number of rotatable bonds is 4. The zero-order chi connectivity index (χ0) is 8.10. The Morgan fingerprint density at radius 3 is 2.82 bits per heavy atom. The average Bonchev–Trinajstić information content (AvgIpc) is 2.37. The fourth-order valence-electron chi connectivity index (χ4n) is 1.48. The van der Waals surface area contributed by atoms with Gasteiger partial charge < -0.3 is 4.74 Å². The quantitative estimate of drug-likeness (QED) is 0.523. The summed E-state index contributed by atoms with van der Waals surface area (Å²) >= 11 is 3.63. The molecule has 0 aromatic rings. The first kappa shape index (κ1) is 9.53. The van der Waals surface area contributed by atoms with Crippen LogP contribution >= 0.6 is 15.9 Å². The summed E-state index contributed by atoms with van der Waals surface area (Å²) in [6, 6.07) is 0. The highest BCUT2D eigenvalue weighted by Crippen LogP contribution is 2.25. The lowest BCUT2D eigenvalue weighted by Gasteiger charge is -2.11. The van der Waals surface area contributed by atoms with Crippen LogP contribution in [-0.2, 0) is 4.74 Å². The molecule has 0 saturated carbocycles. The van der Waals surface area contributed by atoms with E-state index < -0.39 is 0 Å². The molecular formula is C9H17BrO. The van der Waals surface area contributed by atoms with Gasteiger partial charge in [-0.25, -0.2) is 0 Å². The van der Waals surface area contributed by atoms with Gasteiger partial charge in [-0.15, -0.1) is 0 Å². The molecule has 0 spiro atoms. The van der Waals surface area contributed by atoms with E-state index in [9.17, 15) is 0 Å². The lowest BCUT2D eigenvalue weighted by Crippen LogP contribution is -2.14. The van der Waals surface area contributed by atoms with E-state index in [1.165, 1.54) is 32.1 Å². The van der Waals surface area contributed by atoms with Crippen LogP contribution in [0.1, 0.15) is 39.0 Å². The molecule has 0 aromatic carbocycles. The fraction of sp³-hybridized carbons (Fsp3) is 1.00. The summed E-state index contributed by atoms with van der Waals surface area (Å²) in [5.74, 6) is 0. The molecule has 11 heavy (non-hydrogen) atoms. The third-order valence-corrected chi connectivity index (χ3v) is 3.27. The largest absolute Gasteiger partial charge is 0.377 e. The molecule has 0 unspecified atom stereocenters. The fourth-order valence-corrected chi connectivity index (χ4v) is 2.09. The van der Waals surface area contributed by atoms with Crippen LogP contribution in [0.5, 0.6) is 0 Å². The van der Waals surface area contributed by atoms with Crippen LogP contribution in [0.4, 0.5) is 0 Å². The molecule has 1 rings (SSSR count). The van der Waals surface area contributed by atoms with Gasteiger partial charge in [0.05, 0.1) is 6.10 Å². The van der Waals surface area contributed by atoms with Crippen LogP contribution in [0.25, 0.3) is 0 Å². The Balaban J connectivity index is 2.05. The van der Waals surface area contributed by atoms with Crippen LogP contribution in [0.2, 0.25) is 0 Å². The second kappa shape index (κ2) is 5.15. The third kappa shape index (κ3) is 3.12. The van der Waals surface area contributed by atoms with E-state index in [0.717, 1.165) is 6.61 Å². The molecule has 66 valence electrons. The van der Waals surface area contributed by atoms with Crippen molar-refractivity contribution in [3.63, 3.8) is 0 Å². The molecule has 1 heterocycles. The Morgan fingerprint density at radius 2 is 2.27 bits per heavy atom. The minimum atomic E-state index is 0.501. The maximum Gasteiger partial charge on any atom is 0.0700 e. The summed E-state index contributed by atoms with van der Waals surface area (Å²) in [6.07, 6.45) is 6.91. The van der Waals surface area contributed by atoms with Gasteiger partial charge in [0, 0.05) is 11.4 Å². The Hall–Kier alpha value is 0.440. The van der Waals surface area contributed by atoms with Crippen molar-refractivity contribution in [3.05, 3.63) is 0 Å². The van der Waals surface area contributed by atoms with Gasteiger partial charge in [-0.1, -0.05) is 42.1 Å². The van der Waals surface area contributed by atoms with Gasteiger partial charge >= 0.3 is 0 Å². The summed E-state index contributed by atoms with van der Waals surface area (Å²) in [5.41, 5.74) is 0. The van der Waals surface area contributed by atoms with Gasteiger partial charge in [-0.05, 0) is 12.8 Å². The maximum absolute atomic E-state index is 5.56. The summed E-state index contributed by atoms with van der Waals surface area (Å²) in [7, 11) is 0. The molecule has 0 bridgehead atoms. The molecule has 0 aliphatic carbocycles. The highest BCUT2D eigenvalue weighted by atomic mass is 79.9. The average molecular weight is 221 g/mol. The number of unbranched alkanes of at least 4 members (excludes halogenated alkanes) is 2. The maximum atomic E-state index is 5.56. The molecule has 1 aliphatic heterocycles. The number of hydrogen-bond donors (Lipinski definition) is 0. The van der Waals surface area contributed by atoms with Crippen LogP contribution in [0, 0.1) is 0 Å². The second-order valence-corrected chi connectivity index (χ2v) is 4.39. The van der Waals surface area contributed by atoms with Crippen LogP contribution < -0.4 is 0 Å². The number of halogens is 1. The molecule has 0 radical (unpaired) electrons. The normalized spacial score (nSPS) is 31.1. The van der Waals surface area contributed by atoms with E-state index in [1.54, 1.807) is 0 Å². The van der Waals surface area contributed by atoms with Gasteiger partial charge in [0.25, 0.3) is 0 Å². The molecule has 0 aromatic heterocycles. The van der Waals surface area contributed by atoms with Crippen molar-refractivity contribution in [2.45, 2.75) is 50.0 Å². The minimum Gasteiger partial charge on any atom is -0.377 e. The molecule has 2 atom stereocenters. The van der Waals surface area contributed by atoms with Crippen molar-refractivity contribution >= 4 is 15.9 Å². The monoisotopic (exact) mass is 220 g/mol. The third-order valence-electron chi connectivity index (χ3n) is 2.22. The first-order valence-electron chi connectivity index (χ1n) is 4.60. The summed E-state index contributed by atoms with van der Waals surface area (Å²) < 4.78 is 5.56. The van der Waals surface area contributed by atoms with Crippen LogP contribution in [0.15, 0.2) is 0 Å². The van der Waals surface area contributed by atoms with Crippen molar-refractivity contribution in [1.29, 1.82) is 0 Å². The Bertz CT molecular complexity index is 106.